The molecule has 0 aliphatic heterocycles. The Kier molecular flexibility index (Phi) is 4.27. The molecule has 0 heterocycles. The minimum atomic E-state index is -0.352. The Hall–Kier alpha value is -1.38. The van der Waals surface area contributed by atoms with E-state index < -0.39 is 0 Å². The first kappa shape index (κ1) is 14.6. The maximum absolute atomic E-state index is 13.2. The molecule has 1 fully saturated rings. The van der Waals surface area contributed by atoms with E-state index in [4.69, 9.17) is 11.6 Å². The fraction of sp³-hybridized carbons (Fsp3) is 0.333. The monoisotopic (exact) mass is 303 g/mol. The SMILES string of the molecule is CNC(Cc1ccc(F)c(Cl)c1)C1CC1c1ccccc1. The summed E-state index contributed by atoms with van der Waals surface area (Å²) in [6.07, 6.45) is 2.09. The number of nitrogens with one attached hydrogen (secondary N) is 1. The zero-order valence-corrected chi connectivity index (χ0v) is 12.8. The fourth-order valence-electron chi connectivity index (χ4n) is 3.13. The number of rotatable bonds is 5. The van der Waals surface area contributed by atoms with Gasteiger partial charge in [0.25, 0.3) is 0 Å². The Labute approximate surface area is 130 Å². The van der Waals surface area contributed by atoms with Crippen molar-refractivity contribution in [3.63, 3.8) is 0 Å². The topological polar surface area (TPSA) is 12.0 Å². The van der Waals surface area contributed by atoms with Gasteiger partial charge in [0.1, 0.15) is 5.82 Å². The Morgan fingerprint density at radius 3 is 2.67 bits per heavy atom. The van der Waals surface area contributed by atoms with Crippen LogP contribution in [-0.4, -0.2) is 13.1 Å². The molecule has 3 rings (SSSR count). The molecule has 0 spiro atoms. The zero-order valence-electron chi connectivity index (χ0n) is 12.0. The van der Waals surface area contributed by atoms with Crippen LogP contribution in [0.2, 0.25) is 5.02 Å². The van der Waals surface area contributed by atoms with Crippen LogP contribution in [0.3, 0.4) is 0 Å². The van der Waals surface area contributed by atoms with Crippen molar-refractivity contribution in [1.82, 2.24) is 5.32 Å². The lowest BCUT2D eigenvalue weighted by Gasteiger charge is -2.17. The fourth-order valence-corrected chi connectivity index (χ4v) is 3.33. The Balaban J connectivity index is 1.68. The normalized spacial score (nSPS) is 22.0. The lowest BCUT2D eigenvalue weighted by molar-refractivity contribution is 0.490. The summed E-state index contributed by atoms with van der Waals surface area (Å²) < 4.78 is 13.2. The van der Waals surface area contributed by atoms with E-state index in [1.807, 2.05) is 13.1 Å². The number of hydrogen-bond donors (Lipinski definition) is 1. The Bertz CT molecular complexity index is 614. The largest absolute Gasteiger partial charge is 0.316 e. The summed E-state index contributed by atoms with van der Waals surface area (Å²) in [6.45, 7) is 0. The van der Waals surface area contributed by atoms with Crippen LogP contribution in [-0.2, 0) is 6.42 Å². The van der Waals surface area contributed by atoms with Crippen LogP contribution >= 0.6 is 11.6 Å². The van der Waals surface area contributed by atoms with Crippen molar-refractivity contribution in [2.75, 3.05) is 7.05 Å². The first-order valence-corrected chi connectivity index (χ1v) is 7.73. The van der Waals surface area contributed by atoms with Crippen LogP contribution in [0.25, 0.3) is 0 Å². The molecule has 2 aromatic carbocycles. The standard InChI is InChI=1S/C18H19ClFN/c1-21-18(10-12-7-8-17(20)16(19)9-12)15-11-14(15)13-5-3-2-4-6-13/h2-9,14-15,18,21H,10-11H2,1H3. The molecule has 0 radical (unpaired) electrons. The van der Waals surface area contributed by atoms with Crippen LogP contribution in [0.1, 0.15) is 23.5 Å². The summed E-state index contributed by atoms with van der Waals surface area (Å²) >= 11 is 5.86. The van der Waals surface area contributed by atoms with E-state index >= 15 is 0 Å². The molecule has 0 saturated heterocycles. The molecule has 3 atom stereocenters. The van der Waals surface area contributed by atoms with E-state index in [-0.39, 0.29) is 10.8 Å². The highest BCUT2D eigenvalue weighted by molar-refractivity contribution is 6.30. The van der Waals surface area contributed by atoms with Gasteiger partial charge in [-0.2, -0.15) is 0 Å². The predicted molar refractivity (Wildman–Crippen MR) is 85.3 cm³/mol. The highest BCUT2D eigenvalue weighted by Gasteiger charge is 2.42. The zero-order chi connectivity index (χ0) is 14.8. The molecule has 3 unspecified atom stereocenters. The van der Waals surface area contributed by atoms with E-state index in [9.17, 15) is 4.39 Å². The second-order valence-corrected chi connectivity index (χ2v) is 6.17. The van der Waals surface area contributed by atoms with Gasteiger partial charge in [0.15, 0.2) is 0 Å². The van der Waals surface area contributed by atoms with E-state index in [1.54, 1.807) is 6.07 Å². The molecule has 0 bridgehead atoms. The number of hydrogen-bond acceptors (Lipinski definition) is 1. The van der Waals surface area contributed by atoms with Crippen molar-refractivity contribution in [2.24, 2.45) is 5.92 Å². The highest BCUT2D eigenvalue weighted by atomic mass is 35.5. The summed E-state index contributed by atoms with van der Waals surface area (Å²) in [4.78, 5) is 0. The summed E-state index contributed by atoms with van der Waals surface area (Å²) in [5, 5.41) is 3.62. The second-order valence-electron chi connectivity index (χ2n) is 5.76. The van der Waals surface area contributed by atoms with Gasteiger partial charge < -0.3 is 5.32 Å². The molecular weight excluding hydrogens is 285 g/mol. The van der Waals surface area contributed by atoms with Crippen molar-refractivity contribution < 1.29 is 4.39 Å². The number of benzene rings is 2. The first-order valence-electron chi connectivity index (χ1n) is 7.35. The average molecular weight is 304 g/mol. The molecule has 2 aromatic rings. The lowest BCUT2D eigenvalue weighted by atomic mass is 9.99. The molecule has 0 amide bonds. The molecule has 21 heavy (non-hydrogen) atoms. The van der Waals surface area contributed by atoms with Gasteiger partial charge in [-0.05, 0) is 55.0 Å². The molecule has 110 valence electrons. The number of halogens is 2. The summed E-state index contributed by atoms with van der Waals surface area (Å²) in [5.41, 5.74) is 2.50. The van der Waals surface area contributed by atoms with Gasteiger partial charge in [-0.1, -0.05) is 48.0 Å². The maximum Gasteiger partial charge on any atom is 0.141 e. The van der Waals surface area contributed by atoms with Gasteiger partial charge >= 0.3 is 0 Å². The minimum Gasteiger partial charge on any atom is -0.316 e. The minimum absolute atomic E-state index is 0.206. The number of likely N-dealkylation sites (N-methyl/N-ethyl adjacent to an activating group) is 1. The quantitative estimate of drug-likeness (QED) is 0.862. The third kappa shape index (κ3) is 3.28. The molecule has 1 saturated carbocycles. The van der Waals surface area contributed by atoms with Crippen molar-refractivity contribution in [1.29, 1.82) is 0 Å². The van der Waals surface area contributed by atoms with E-state index in [0.29, 0.717) is 17.9 Å². The summed E-state index contributed by atoms with van der Waals surface area (Å²) in [7, 11) is 2.00. The van der Waals surface area contributed by atoms with Crippen LogP contribution in [0.15, 0.2) is 48.5 Å². The smallest absolute Gasteiger partial charge is 0.141 e. The van der Waals surface area contributed by atoms with Gasteiger partial charge in [0.05, 0.1) is 5.02 Å². The van der Waals surface area contributed by atoms with Crippen LogP contribution in [0.5, 0.6) is 0 Å². The van der Waals surface area contributed by atoms with Crippen molar-refractivity contribution in [3.05, 3.63) is 70.5 Å². The molecule has 1 nitrogen and oxygen atoms in total. The van der Waals surface area contributed by atoms with Crippen molar-refractivity contribution >= 4 is 11.6 Å². The van der Waals surface area contributed by atoms with Crippen LogP contribution < -0.4 is 5.32 Å². The average Bonchev–Trinajstić information content (AvgIpc) is 3.30. The summed E-state index contributed by atoms with van der Waals surface area (Å²) in [5.74, 6) is 0.927. The van der Waals surface area contributed by atoms with Gasteiger partial charge in [-0.25, -0.2) is 4.39 Å². The highest BCUT2D eigenvalue weighted by Crippen LogP contribution is 2.50. The van der Waals surface area contributed by atoms with E-state index in [0.717, 1.165) is 12.0 Å². The van der Waals surface area contributed by atoms with Crippen molar-refractivity contribution in [2.45, 2.75) is 24.8 Å². The second kappa shape index (κ2) is 6.17. The van der Waals surface area contributed by atoms with E-state index in [2.05, 4.69) is 35.6 Å². The molecule has 1 aliphatic carbocycles. The molecule has 1 aliphatic rings. The van der Waals surface area contributed by atoms with E-state index in [1.165, 1.54) is 18.1 Å². The third-order valence-electron chi connectivity index (χ3n) is 4.39. The van der Waals surface area contributed by atoms with Gasteiger partial charge in [0, 0.05) is 6.04 Å². The van der Waals surface area contributed by atoms with Crippen LogP contribution in [0, 0.1) is 11.7 Å². The summed E-state index contributed by atoms with van der Waals surface area (Å²) in [6, 6.07) is 16.1. The maximum atomic E-state index is 13.2. The lowest BCUT2D eigenvalue weighted by Crippen LogP contribution is -2.30. The van der Waals surface area contributed by atoms with Gasteiger partial charge in [-0.3, -0.25) is 0 Å². The molecular formula is C18H19ClFN. The van der Waals surface area contributed by atoms with Gasteiger partial charge in [-0.15, -0.1) is 0 Å². The molecule has 3 heteroatoms. The molecule has 0 aromatic heterocycles. The molecule has 1 N–H and O–H groups in total. The predicted octanol–water partition coefficient (Wildman–Crippen LogP) is 4.41. The first-order chi connectivity index (χ1) is 10.2. The Morgan fingerprint density at radius 1 is 1.24 bits per heavy atom. The Morgan fingerprint density at radius 2 is 2.00 bits per heavy atom. The third-order valence-corrected chi connectivity index (χ3v) is 4.68. The van der Waals surface area contributed by atoms with Crippen molar-refractivity contribution in [3.8, 4) is 0 Å². The van der Waals surface area contributed by atoms with Crippen LogP contribution in [0.4, 0.5) is 4.39 Å². The van der Waals surface area contributed by atoms with Gasteiger partial charge in [0.2, 0.25) is 0 Å².